The van der Waals surface area contributed by atoms with Gasteiger partial charge in [0.15, 0.2) is 5.78 Å². The summed E-state index contributed by atoms with van der Waals surface area (Å²) in [7, 11) is 0. The summed E-state index contributed by atoms with van der Waals surface area (Å²) in [5.74, 6) is -0.614. The quantitative estimate of drug-likeness (QED) is 0.440. The largest absolute Gasteiger partial charge is 0.325 e. The highest BCUT2D eigenvalue weighted by atomic mass is 79.9. The lowest BCUT2D eigenvalue weighted by atomic mass is 9.92. The highest BCUT2D eigenvalue weighted by Gasteiger charge is 2.55. The molecule has 0 bridgehead atoms. The molecule has 154 valence electrons. The first kappa shape index (κ1) is 19.7. The van der Waals surface area contributed by atoms with Crippen molar-refractivity contribution >= 4 is 33.7 Å². The Hall–Kier alpha value is -3.25. The molecule has 1 unspecified atom stereocenters. The summed E-state index contributed by atoms with van der Waals surface area (Å²) < 4.78 is 0.999. The molecule has 5 nitrogen and oxygen atoms in total. The number of nitrogens with one attached hydrogen (secondary N) is 1. The third-order valence-corrected chi connectivity index (χ3v) is 6.64. The minimum atomic E-state index is -1.04. The van der Waals surface area contributed by atoms with E-state index < -0.39 is 11.6 Å². The standard InChI is InChI=1S/C25H19BrN2O3/c26-20-11-9-17(10-12-20)16-5-7-19(8-6-16)22(29)15-28-23(30)25(27-24(28)31)14-13-18-3-1-2-4-21(18)25/h1-12H,13-15H2,(H,27,31). The number of aryl methyl sites for hydroxylation is 1. The van der Waals surface area contributed by atoms with Crippen LogP contribution in [0.2, 0.25) is 0 Å². The van der Waals surface area contributed by atoms with Gasteiger partial charge in [0, 0.05) is 10.0 Å². The van der Waals surface area contributed by atoms with E-state index in [4.69, 9.17) is 0 Å². The van der Waals surface area contributed by atoms with Crippen LogP contribution in [0.4, 0.5) is 4.79 Å². The van der Waals surface area contributed by atoms with Gasteiger partial charge < -0.3 is 5.32 Å². The molecule has 0 radical (unpaired) electrons. The number of ketones is 1. The van der Waals surface area contributed by atoms with Crippen molar-refractivity contribution in [3.05, 3.63) is 94.0 Å². The number of fused-ring (bicyclic) bond motifs is 2. The Labute approximate surface area is 188 Å². The first-order chi connectivity index (χ1) is 15.0. The summed E-state index contributed by atoms with van der Waals surface area (Å²) in [5, 5.41) is 2.86. The molecule has 6 heteroatoms. The molecule has 0 aromatic heterocycles. The lowest BCUT2D eigenvalue weighted by molar-refractivity contribution is -0.131. The van der Waals surface area contributed by atoms with E-state index in [1.807, 2.05) is 60.7 Å². The van der Waals surface area contributed by atoms with Gasteiger partial charge in [-0.2, -0.15) is 0 Å². The van der Waals surface area contributed by atoms with Crippen LogP contribution in [0.1, 0.15) is 27.9 Å². The number of hydrogen-bond acceptors (Lipinski definition) is 3. The first-order valence-corrected chi connectivity index (χ1v) is 10.9. The average molecular weight is 475 g/mol. The van der Waals surface area contributed by atoms with E-state index in [2.05, 4.69) is 21.2 Å². The van der Waals surface area contributed by atoms with Gasteiger partial charge in [-0.3, -0.25) is 14.5 Å². The molecule has 1 atom stereocenters. The summed E-state index contributed by atoms with van der Waals surface area (Å²) in [6, 6.07) is 22.3. The van der Waals surface area contributed by atoms with E-state index in [1.54, 1.807) is 12.1 Å². The molecule has 1 heterocycles. The maximum Gasteiger partial charge on any atom is 0.325 e. The molecule has 2 aliphatic rings. The number of Topliss-reactive ketones (excluding diaryl/α,β-unsaturated/α-hetero) is 1. The Morgan fingerprint density at radius 3 is 2.29 bits per heavy atom. The van der Waals surface area contributed by atoms with E-state index in [1.165, 1.54) is 0 Å². The number of carbonyl (C=O) groups is 3. The van der Waals surface area contributed by atoms with E-state index in [9.17, 15) is 14.4 Å². The molecule has 1 aliphatic heterocycles. The van der Waals surface area contributed by atoms with Gasteiger partial charge in [0.2, 0.25) is 0 Å². The molecule has 3 aromatic carbocycles. The zero-order chi connectivity index (χ0) is 21.6. The number of urea groups is 1. The average Bonchev–Trinajstić information content (AvgIpc) is 3.27. The molecule has 1 aliphatic carbocycles. The van der Waals surface area contributed by atoms with Crippen molar-refractivity contribution in [2.45, 2.75) is 18.4 Å². The smallest absolute Gasteiger partial charge is 0.319 e. The molecule has 3 aromatic rings. The Morgan fingerprint density at radius 2 is 1.58 bits per heavy atom. The van der Waals surface area contributed by atoms with Gasteiger partial charge in [0.25, 0.3) is 5.91 Å². The topological polar surface area (TPSA) is 66.5 Å². The monoisotopic (exact) mass is 474 g/mol. The van der Waals surface area contributed by atoms with Crippen LogP contribution >= 0.6 is 15.9 Å². The predicted molar refractivity (Wildman–Crippen MR) is 121 cm³/mol. The summed E-state index contributed by atoms with van der Waals surface area (Å²) in [6.45, 7) is -0.272. The van der Waals surface area contributed by atoms with Crippen molar-refractivity contribution in [2.75, 3.05) is 6.54 Å². The molecule has 31 heavy (non-hydrogen) atoms. The summed E-state index contributed by atoms with van der Waals surface area (Å²) in [5.41, 5.74) is 3.35. The van der Waals surface area contributed by atoms with Crippen LogP contribution < -0.4 is 5.32 Å². The minimum Gasteiger partial charge on any atom is -0.319 e. The second-order valence-corrected chi connectivity index (χ2v) is 8.81. The zero-order valence-corrected chi connectivity index (χ0v) is 18.2. The van der Waals surface area contributed by atoms with Gasteiger partial charge in [0.1, 0.15) is 5.54 Å². The number of benzene rings is 3. The molecule has 1 N–H and O–H groups in total. The fourth-order valence-electron chi connectivity index (χ4n) is 4.46. The summed E-state index contributed by atoms with van der Waals surface area (Å²) in [6.07, 6.45) is 1.24. The molecule has 5 rings (SSSR count). The van der Waals surface area contributed by atoms with E-state index in [0.717, 1.165) is 38.0 Å². The number of halogens is 1. The van der Waals surface area contributed by atoms with Crippen molar-refractivity contribution in [1.82, 2.24) is 10.2 Å². The van der Waals surface area contributed by atoms with Crippen LogP contribution in [0.3, 0.4) is 0 Å². The van der Waals surface area contributed by atoms with E-state index in [0.29, 0.717) is 12.0 Å². The minimum absolute atomic E-state index is 0.269. The zero-order valence-electron chi connectivity index (χ0n) is 16.6. The number of hydrogen-bond donors (Lipinski definition) is 1. The molecule has 1 saturated heterocycles. The fourth-order valence-corrected chi connectivity index (χ4v) is 4.72. The highest BCUT2D eigenvalue weighted by molar-refractivity contribution is 9.10. The SMILES string of the molecule is O=C(CN1C(=O)NC2(CCc3ccccc32)C1=O)c1ccc(-c2ccc(Br)cc2)cc1. The lowest BCUT2D eigenvalue weighted by Gasteiger charge is -2.22. The Kier molecular flexibility index (Phi) is 4.74. The van der Waals surface area contributed by atoms with Gasteiger partial charge in [-0.05, 0) is 47.2 Å². The number of nitrogens with zero attached hydrogens (tertiary/aromatic N) is 1. The van der Waals surface area contributed by atoms with Crippen molar-refractivity contribution in [1.29, 1.82) is 0 Å². The lowest BCUT2D eigenvalue weighted by Crippen LogP contribution is -2.42. The van der Waals surface area contributed by atoms with Crippen LogP contribution in [0.5, 0.6) is 0 Å². The van der Waals surface area contributed by atoms with E-state index >= 15 is 0 Å². The Balaban J connectivity index is 1.34. The molecule has 3 amide bonds. The van der Waals surface area contributed by atoms with Crippen LogP contribution in [0, 0.1) is 0 Å². The second-order valence-electron chi connectivity index (χ2n) is 7.89. The highest BCUT2D eigenvalue weighted by Crippen LogP contribution is 2.41. The van der Waals surface area contributed by atoms with Crippen molar-refractivity contribution < 1.29 is 14.4 Å². The van der Waals surface area contributed by atoms with Gasteiger partial charge in [-0.15, -0.1) is 0 Å². The molecule has 1 spiro atoms. The number of carbonyl (C=O) groups excluding carboxylic acids is 3. The summed E-state index contributed by atoms with van der Waals surface area (Å²) in [4.78, 5) is 39.8. The number of imide groups is 1. The predicted octanol–water partition coefficient (Wildman–Crippen LogP) is 4.69. The second kappa shape index (κ2) is 7.46. The van der Waals surface area contributed by atoms with Crippen molar-refractivity contribution in [3.8, 4) is 11.1 Å². The number of amides is 3. The van der Waals surface area contributed by atoms with E-state index in [-0.39, 0.29) is 18.2 Å². The molecule has 0 saturated carbocycles. The van der Waals surface area contributed by atoms with Gasteiger partial charge in [-0.25, -0.2) is 4.79 Å². The third-order valence-electron chi connectivity index (χ3n) is 6.11. The summed E-state index contributed by atoms with van der Waals surface area (Å²) >= 11 is 3.42. The fraction of sp³-hybridized carbons (Fsp3) is 0.160. The van der Waals surface area contributed by atoms with Gasteiger partial charge in [-0.1, -0.05) is 76.6 Å². The molecule has 1 fully saturated rings. The maximum absolute atomic E-state index is 13.2. The van der Waals surface area contributed by atoms with Crippen molar-refractivity contribution in [2.24, 2.45) is 0 Å². The maximum atomic E-state index is 13.2. The normalized spacial score (nSPS) is 19.6. The first-order valence-electron chi connectivity index (χ1n) is 10.1. The van der Waals surface area contributed by atoms with Crippen LogP contribution in [-0.2, 0) is 16.8 Å². The van der Waals surface area contributed by atoms with Gasteiger partial charge >= 0.3 is 6.03 Å². The van der Waals surface area contributed by atoms with Gasteiger partial charge in [0.05, 0.1) is 6.54 Å². The molecular weight excluding hydrogens is 456 g/mol. The van der Waals surface area contributed by atoms with Crippen LogP contribution in [0.25, 0.3) is 11.1 Å². The third kappa shape index (κ3) is 3.27. The van der Waals surface area contributed by atoms with Crippen LogP contribution in [0.15, 0.2) is 77.3 Å². The Bertz CT molecular complexity index is 1200. The van der Waals surface area contributed by atoms with Crippen LogP contribution in [-0.4, -0.2) is 29.2 Å². The van der Waals surface area contributed by atoms with Crippen molar-refractivity contribution in [3.63, 3.8) is 0 Å². The Morgan fingerprint density at radius 1 is 0.935 bits per heavy atom. The molecular formula is C25H19BrN2O3. The number of rotatable bonds is 4.